The average Bonchev–Trinajstić information content (AvgIpc) is 2.86. The van der Waals surface area contributed by atoms with Crippen molar-refractivity contribution in [2.75, 3.05) is 5.43 Å². The van der Waals surface area contributed by atoms with Gasteiger partial charge < -0.3 is 4.42 Å². The van der Waals surface area contributed by atoms with E-state index >= 15 is 0 Å². The van der Waals surface area contributed by atoms with Crippen molar-refractivity contribution in [1.82, 2.24) is 9.13 Å². The van der Waals surface area contributed by atoms with Gasteiger partial charge in [-0.25, -0.2) is 4.79 Å². The summed E-state index contributed by atoms with van der Waals surface area (Å²) in [6.07, 6.45) is 2.97. The quantitative estimate of drug-likeness (QED) is 0.618. The van der Waals surface area contributed by atoms with Crippen LogP contribution in [0.1, 0.15) is 5.76 Å². The summed E-state index contributed by atoms with van der Waals surface area (Å²) >= 11 is 0. The Balaban J connectivity index is 2.25. The Hall–Kier alpha value is -2.57. The topological polar surface area (TPSA) is 81.5 Å². The molecule has 0 unspecified atom stereocenters. The zero-order chi connectivity index (χ0) is 13.1. The largest absolute Gasteiger partial charge is 0.463 e. The third kappa shape index (κ3) is 2.24. The lowest BCUT2D eigenvalue weighted by atomic mass is 10.5. The number of hydrogen-bond donors (Lipinski definition) is 1. The molecule has 0 aromatic carbocycles. The lowest BCUT2D eigenvalue weighted by Crippen LogP contribution is -2.37. The minimum absolute atomic E-state index is 0.311. The SMILES string of the molecule is Cn1c(N/N=C/c2ccco2)cc(=O)n(C)c1=O. The van der Waals surface area contributed by atoms with Gasteiger partial charge in [0.05, 0.1) is 12.5 Å². The summed E-state index contributed by atoms with van der Waals surface area (Å²) in [5.74, 6) is 0.877. The van der Waals surface area contributed by atoms with Crippen molar-refractivity contribution in [2.24, 2.45) is 19.2 Å². The maximum atomic E-state index is 11.6. The molecule has 0 aliphatic rings. The maximum absolute atomic E-state index is 11.6. The molecule has 0 spiro atoms. The first-order valence-electron chi connectivity index (χ1n) is 5.19. The van der Waals surface area contributed by atoms with Gasteiger partial charge in [0, 0.05) is 20.2 Å². The predicted molar refractivity (Wildman–Crippen MR) is 66.8 cm³/mol. The van der Waals surface area contributed by atoms with Gasteiger partial charge >= 0.3 is 5.69 Å². The molecule has 0 saturated heterocycles. The van der Waals surface area contributed by atoms with Crippen LogP contribution in [0.3, 0.4) is 0 Å². The number of anilines is 1. The second-order valence-electron chi connectivity index (χ2n) is 3.65. The van der Waals surface area contributed by atoms with Gasteiger partial charge in [0.1, 0.15) is 11.6 Å². The first-order chi connectivity index (χ1) is 8.59. The standard InChI is InChI=1S/C11H12N4O3/c1-14-9(6-10(16)15(2)11(14)17)13-12-7-8-4-3-5-18-8/h3-7,13H,1-2H3/b12-7+. The van der Waals surface area contributed by atoms with Crippen LogP contribution >= 0.6 is 0 Å². The molecule has 0 bridgehead atoms. The highest BCUT2D eigenvalue weighted by molar-refractivity contribution is 5.76. The fourth-order valence-corrected chi connectivity index (χ4v) is 1.37. The van der Waals surface area contributed by atoms with Gasteiger partial charge in [0.25, 0.3) is 5.56 Å². The minimum Gasteiger partial charge on any atom is -0.463 e. The lowest BCUT2D eigenvalue weighted by molar-refractivity contribution is 0.560. The predicted octanol–water partition coefficient (Wildman–Crippen LogP) is 0.123. The molecule has 0 aliphatic heterocycles. The Kier molecular flexibility index (Phi) is 3.13. The fourth-order valence-electron chi connectivity index (χ4n) is 1.37. The molecule has 1 N–H and O–H groups in total. The zero-order valence-electron chi connectivity index (χ0n) is 9.95. The summed E-state index contributed by atoms with van der Waals surface area (Å²) in [6, 6.07) is 4.75. The van der Waals surface area contributed by atoms with E-state index in [0.29, 0.717) is 11.6 Å². The Morgan fingerprint density at radius 2 is 2.11 bits per heavy atom. The molecule has 0 amide bonds. The molecule has 2 aromatic rings. The Labute approximate surface area is 102 Å². The highest BCUT2D eigenvalue weighted by Gasteiger charge is 2.04. The van der Waals surface area contributed by atoms with Crippen molar-refractivity contribution >= 4 is 12.0 Å². The van der Waals surface area contributed by atoms with Crippen molar-refractivity contribution in [3.05, 3.63) is 51.1 Å². The van der Waals surface area contributed by atoms with Crippen LogP contribution in [0, 0.1) is 0 Å². The van der Waals surface area contributed by atoms with Gasteiger partial charge in [-0.3, -0.25) is 19.4 Å². The lowest BCUT2D eigenvalue weighted by Gasteiger charge is -2.07. The summed E-state index contributed by atoms with van der Waals surface area (Å²) in [6.45, 7) is 0. The van der Waals surface area contributed by atoms with Gasteiger partial charge in [-0.15, -0.1) is 0 Å². The molecule has 0 saturated carbocycles. The van der Waals surface area contributed by atoms with E-state index in [0.717, 1.165) is 4.57 Å². The molecule has 7 heteroatoms. The number of hydrazone groups is 1. The van der Waals surface area contributed by atoms with Gasteiger partial charge in [-0.1, -0.05) is 0 Å². The molecule has 94 valence electrons. The summed E-state index contributed by atoms with van der Waals surface area (Å²) in [7, 11) is 2.97. The van der Waals surface area contributed by atoms with E-state index in [2.05, 4.69) is 10.5 Å². The normalized spacial score (nSPS) is 11.0. The third-order valence-corrected chi connectivity index (χ3v) is 2.44. The van der Waals surface area contributed by atoms with E-state index in [9.17, 15) is 9.59 Å². The van der Waals surface area contributed by atoms with Crippen LogP contribution in [0.2, 0.25) is 0 Å². The molecule has 0 radical (unpaired) electrons. The number of nitrogens with one attached hydrogen (secondary N) is 1. The van der Waals surface area contributed by atoms with E-state index in [1.165, 1.54) is 30.2 Å². The molecule has 2 heterocycles. The number of hydrogen-bond acceptors (Lipinski definition) is 5. The van der Waals surface area contributed by atoms with Crippen LogP contribution < -0.4 is 16.7 Å². The fraction of sp³-hybridized carbons (Fsp3) is 0.182. The molecule has 18 heavy (non-hydrogen) atoms. The van der Waals surface area contributed by atoms with Crippen LogP contribution in [0.5, 0.6) is 0 Å². The highest BCUT2D eigenvalue weighted by Crippen LogP contribution is 1.99. The van der Waals surface area contributed by atoms with Crippen molar-refractivity contribution in [3.63, 3.8) is 0 Å². The van der Waals surface area contributed by atoms with Crippen molar-refractivity contribution in [3.8, 4) is 0 Å². The van der Waals surface area contributed by atoms with Gasteiger partial charge in [-0.05, 0) is 12.1 Å². The zero-order valence-corrected chi connectivity index (χ0v) is 9.95. The first kappa shape index (κ1) is 11.9. The highest BCUT2D eigenvalue weighted by atomic mass is 16.3. The van der Waals surface area contributed by atoms with Crippen LogP contribution in [-0.2, 0) is 14.1 Å². The van der Waals surface area contributed by atoms with Crippen molar-refractivity contribution in [2.45, 2.75) is 0 Å². The summed E-state index contributed by atoms with van der Waals surface area (Å²) in [5.41, 5.74) is 1.81. The molecule has 2 aromatic heterocycles. The third-order valence-electron chi connectivity index (χ3n) is 2.44. The molecule has 7 nitrogen and oxygen atoms in total. The maximum Gasteiger partial charge on any atom is 0.332 e. The second kappa shape index (κ2) is 4.74. The van der Waals surface area contributed by atoms with Crippen LogP contribution in [-0.4, -0.2) is 15.3 Å². The molecule has 2 rings (SSSR count). The van der Waals surface area contributed by atoms with Crippen LogP contribution in [0.4, 0.5) is 5.82 Å². The minimum atomic E-state index is -0.418. The van der Waals surface area contributed by atoms with E-state index in [1.54, 1.807) is 19.2 Å². The van der Waals surface area contributed by atoms with E-state index in [1.807, 2.05) is 0 Å². The Morgan fingerprint density at radius 3 is 2.78 bits per heavy atom. The molecular formula is C11H12N4O3. The monoisotopic (exact) mass is 248 g/mol. The van der Waals surface area contributed by atoms with Gasteiger partial charge in [-0.2, -0.15) is 5.10 Å². The van der Waals surface area contributed by atoms with Gasteiger partial charge in [0.15, 0.2) is 0 Å². The van der Waals surface area contributed by atoms with Gasteiger partial charge in [0.2, 0.25) is 0 Å². The van der Waals surface area contributed by atoms with Crippen molar-refractivity contribution in [1.29, 1.82) is 0 Å². The smallest absolute Gasteiger partial charge is 0.332 e. The number of nitrogens with zero attached hydrogens (tertiary/aromatic N) is 3. The second-order valence-corrected chi connectivity index (χ2v) is 3.65. The van der Waals surface area contributed by atoms with E-state index in [4.69, 9.17) is 4.42 Å². The molecule has 0 atom stereocenters. The molecule has 0 aliphatic carbocycles. The van der Waals surface area contributed by atoms with Crippen LogP contribution in [0.25, 0.3) is 0 Å². The Morgan fingerprint density at radius 1 is 1.33 bits per heavy atom. The first-order valence-corrected chi connectivity index (χ1v) is 5.19. The summed E-state index contributed by atoms with van der Waals surface area (Å²) in [4.78, 5) is 23.1. The number of rotatable bonds is 3. The van der Waals surface area contributed by atoms with E-state index in [-0.39, 0.29) is 0 Å². The van der Waals surface area contributed by atoms with E-state index < -0.39 is 11.2 Å². The molecule has 0 fully saturated rings. The summed E-state index contributed by atoms with van der Waals surface area (Å²) < 4.78 is 7.35. The number of furan rings is 1. The number of aromatic nitrogens is 2. The molecular weight excluding hydrogens is 236 g/mol. The average molecular weight is 248 g/mol. The summed E-state index contributed by atoms with van der Waals surface area (Å²) in [5, 5.41) is 3.88. The van der Waals surface area contributed by atoms with Crippen LogP contribution in [0.15, 0.2) is 43.6 Å². The Bertz CT molecular complexity index is 679. The van der Waals surface area contributed by atoms with Crippen molar-refractivity contribution < 1.29 is 4.42 Å².